The molecule has 0 rings (SSSR count). The summed E-state index contributed by atoms with van der Waals surface area (Å²) in [6, 6.07) is 0. The van der Waals surface area contributed by atoms with Gasteiger partial charge in [0.2, 0.25) is 0 Å². The second-order valence-corrected chi connectivity index (χ2v) is 1.39. The van der Waals surface area contributed by atoms with Gasteiger partial charge in [-0.3, -0.25) is 5.82 Å². The Balaban J connectivity index is 0. The Morgan fingerprint density at radius 2 is 1.83 bits per heavy atom. The molecule has 0 N–H and O–H groups in total. The van der Waals surface area contributed by atoms with E-state index in [2.05, 4.69) is 6.92 Å². The molecular formula is C4H9BLi. The SMILES string of the molecule is [B-]C(C)CC.[Li+]. The molecular weight excluding hydrogens is 65.8 g/mol. The van der Waals surface area contributed by atoms with Gasteiger partial charge in [0.15, 0.2) is 0 Å². The third-order valence-corrected chi connectivity index (χ3v) is 0.644. The van der Waals surface area contributed by atoms with Crippen molar-refractivity contribution >= 4 is 7.85 Å². The number of hydrogen-bond donors (Lipinski definition) is 0. The van der Waals surface area contributed by atoms with Crippen LogP contribution in [-0.4, -0.2) is 7.85 Å². The summed E-state index contributed by atoms with van der Waals surface area (Å²) in [6.45, 7) is 4.07. The van der Waals surface area contributed by atoms with Crippen molar-refractivity contribution < 1.29 is 18.9 Å². The fourth-order valence-corrected chi connectivity index (χ4v) is 0. The van der Waals surface area contributed by atoms with E-state index in [0.717, 1.165) is 6.42 Å². The molecule has 0 bridgehead atoms. The van der Waals surface area contributed by atoms with E-state index in [-0.39, 0.29) is 18.9 Å². The van der Waals surface area contributed by atoms with Gasteiger partial charge >= 0.3 is 18.9 Å². The molecule has 0 amide bonds. The van der Waals surface area contributed by atoms with Crippen LogP contribution in [0, 0.1) is 0 Å². The van der Waals surface area contributed by atoms with Crippen molar-refractivity contribution in [2.24, 2.45) is 0 Å². The number of hydrogen-bond acceptors (Lipinski definition) is 0. The predicted molar refractivity (Wildman–Crippen MR) is 25.5 cm³/mol. The second-order valence-electron chi connectivity index (χ2n) is 1.39. The molecule has 0 heterocycles. The van der Waals surface area contributed by atoms with Gasteiger partial charge in [0, 0.05) is 0 Å². The fraction of sp³-hybridized carbons (Fsp3) is 1.00. The van der Waals surface area contributed by atoms with Crippen LogP contribution in [0.5, 0.6) is 0 Å². The number of rotatable bonds is 1. The standard InChI is InChI=1S/C4H9B.Li/c1-3-4(2)5;/h4H,3H2,1-2H3;/q-1;+1. The average Bonchev–Trinajstić information content (AvgIpc) is 1.38. The molecule has 0 nitrogen and oxygen atoms in total. The molecule has 0 aromatic rings. The van der Waals surface area contributed by atoms with Gasteiger partial charge in [0.25, 0.3) is 0 Å². The van der Waals surface area contributed by atoms with E-state index in [4.69, 9.17) is 7.85 Å². The molecule has 0 spiro atoms. The van der Waals surface area contributed by atoms with Gasteiger partial charge in [-0.05, 0) is 0 Å². The maximum absolute atomic E-state index is 5.29. The van der Waals surface area contributed by atoms with Crippen LogP contribution in [-0.2, 0) is 0 Å². The average molecular weight is 74.9 g/mol. The third-order valence-electron chi connectivity index (χ3n) is 0.644. The largest absolute Gasteiger partial charge is 1.00 e. The van der Waals surface area contributed by atoms with E-state index >= 15 is 0 Å². The van der Waals surface area contributed by atoms with E-state index < -0.39 is 0 Å². The maximum atomic E-state index is 5.29. The van der Waals surface area contributed by atoms with Gasteiger partial charge in [-0.1, -0.05) is 13.3 Å². The molecule has 6 heavy (non-hydrogen) atoms. The molecule has 0 fully saturated rings. The molecule has 0 aliphatic rings. The molecule has 0 saturated heterocycles. The first-order valence-electron chi connectivity index (χ1n) is 2.03. The minimum absolute atomic E-state index is 0. The van der Waals surface area contributed by atoms with Crippen molar-refractivity contribution in [3.63, 3.8) is 0 Å². The Bertz CT molecular complexity index is 21.5. The molecule has 0 aliphatic carbocycles. The zero-order chi connectivity index (χ0) is 4.28. The molecule has 2 heteroatoms. The minimum atomic E-state index is 0. The maximum Gasteiger partial charge on any atom is 1.00 e. The minimum Gasteiger partial charge on any atom is -0.622 e. The van der Waals surface area contributed by atoms with Crippen molar-refractivity contribution in [2.75, 3.05) is 0 Å². The molecule has 0 aromatic heterocycles. The fourth-order valence-electron chi connectivity index (χ4n) is 0. The van der Waals surface area contributed by atoms with Gasteiger partial charge in [-0.15, -0.1) is 6.92 Å². The topological polar surface area (TPSA) is 0 Å². The summed E-state index contributed by atoms with van der Waals surface area (Å²) in [5.41, 5.74) is 0. The Hall–Kier alpha value is 0.662. The Kier molecular flexibility index (Phi) is 9.27. The van der Waals surface area contributed by atoms with Crippen molar-refractivity contribution in [3.05, 3.63) is 0 Å². The summed E-state index contributed by atoms with van der Waals surface area (Å²) < 4.78 is 0. The Morgan fingerprint density at radius 1 is 1.67 bits per heavy atom. The van der Waals surface area contributed by atoms with Crippen LogP contribution in [0.4, 0.5) is 0 Å². The van der Waals surface area contributed by atoms with Crippen LogP contribution >= 0.6 is 0 Å². The molecule has 1 unspecified atom stereocenters. The molecule has 0 saturated carbocycles. The van der Waals surface area contributed by atoms with Crippen LogP contribution in [0.15, 0.2) is 0 Å². The smallest absolute Gasteiger partial charge is 0.622 e. The summed E-state index contributed by atoms with van der Waals surface area (Å²) in [5, 5.41) is 0. The third kappa shape index (κ3) is 8.82. The summed E-state index contributed by atoms with van der Waals surface area (Å²) in [5.74, 6) is 0.384. The van der Waals surface area contributed by atoms with Gasteiger partial charge in [-0.2, -0.15) is 0 Å². The molecule has 0 aliphatic heterocycles. The quantitative estimate of drug-likeness (QED) is 0.328. The molecule has 1 atom stereocenters. The molecule has 29 valence electrons. The van der Waals surface area contributed by atoms with Crippen molar-refractivity contribution in [1.29, 1.82) is 0 Å². The van der Waals surface area contributed by atoms with Crippen LogP contribution < -0.4 is 18.9 Å². The zero-order valence-electron chi connectivity index (χ0n) is 4.86. The molecule has 3 radical (unpaired) electrons. The summed E-state index contributed by atoms with van der Waals surface area (Å²) in [7, 11) is 5.29. The monoisotopic (exact) mass is 75.1 g/mol. The van der Waals surface area contributed by atoms with Gasteiger partial charge < -0.3 is 7.85 Å². The van der Waals surface area contributed by atoms with E-state index in [1.54, 1.807) is 0 Å². The van der Waals surface area contributed by atoms with E-state index in [9.17, 15) is 0 Å². The second kappa shape index (κ2) is 5.66. The van der Waals surface area contributed by atoms with Crippen LogP contribution in [0.3, 0.4) is 0 Å². The van der Waals surface area contributed by atoms with E-state index in [1.807, 2.05) is 6.92 Å². The first kappa shape index (κ1) is 9.83. The van der Waals surface area contributed by atoms with Crippen molar-refractivity contribution in [3.8, 4) is 0 Å². The van der Waals surface area contributed by atoms with Crippen molar-refractivity contribution in [2.45, 2.75) is 26.1 Å². The normalized spacial score (nSPS) is 12.5. The first-order chi connectivity index (χ1) is 2.27. The summed E-state index contributed by atoms with van der Waals surface area (Å²) in [4.78, 5) is 0. The summed E-state index contributed by atoms with van der Waals surface area (Å²) in [6.07, 6.45) is 1.08. The van der Waals surface area contributed by atoms with Crippen LogP contribution in [0.25, 0.3) is 0 Å². The Morgan fingerprint density at radius 3 is 1.83 bits per heavy atom. The van der Waals surface area contributed by atoms with Gasteiger partial charge in [-0.25, -0.2) is 0 Å². The van der Waals surface area contributed by atoms with Gasteiger partial charge in [0.05, 0.1) is 0 Å². The first-order valence-corrected chi connectivity index (χ1v) is 2.03. The zero-order valence-corrected chi connectivity index (χ0v) is 4.86. The van der Waals surface area contributed by atoms with E-state index in [1.165, 1.54) is 0 Å². The van der Waals surface area contributed by atoms with Crippen LogP contribution in [0.1, 0.15) is 20.3 Å². The predicted octanol–water partition coefficient (Wildman–Crippen LogP) is -1.62. The van der Waals surface area contributed by atoms with Crippen molar-refractivity contribution in [1.82, 2.24) is 0 Å². The van der Waals surface area contributed by atoms with E-state index in [0.29, 0.717) is 5.82 Å². The van der Waals surface area contributed by atoms with Gasteiger partial charge in [0.1, 0.15) is 0 Å². The molecule has 0 aromatic carbocycles. The Labute approximate surface area is 53.3 Å². The van der Waals surface area contributed by atoms with Crippen LogP contribution in [0.2, 0.25) is 5.82 Å². The summed E-state index contributed by atoms with van der Waals surface area (Å²) >= 11 is 0.